The topological polar surface area (TPSA) is 26.0 Å². The van der Waals surface area contributed by atoms with Gasteiger partial charge in [0.2, 0.25) is 0 Å². The quantitative estimate of drug-likeness (QED) is 0.821. The van der Waals surface area contributed by atoms with E-state index in [4.69, 9.17) is 5.73 Å². The fourth-order valence-corrected chi connectivity index (χ4v) is 7.42. The molecule has 5 aliphatic rings. The average molecular weight is 265 g/mol. The summed E-state index contributed by atoms with van der Waals surface area (Å²) in [6.45, 7) is 0. The predicted octanol–water partition coefficient (Wildman–Crippen LogP) is 3.81. The van der Waals surface area contributed by atoms with Crippen LogP contribution >= 0.6 is 11.8 Å². The summed E-state index contributed by atoms with van der Waals surface area (Å²) in [6.07, 6.45) is 13.3. The Hall–Kier alpha value is 0.310. The van der Waals surface area contributed by atoms with Gasteiger partial charge in [-0.3, -0.25) is 0 Å². The first-order valence-electron chi connectivity index (χ1n) is 8.19. The van der Waals surface area contributed by atoms with Crippen molar-refractivity contribution < 1.29 is 0 Å². The van der Waals surface area contributed by atoms with Gasteiger partial charge in [-0.1, -0.05) is 0 Å². The second-order valence-corrected chi connectivity index (χ2v) is 9.05. The van der Waals surface area contributed by atoms with Crippen LogP contribution in [0.4, 0.5) is 0 Å². The fraction of sp³-hybridized carbons (Fsp3) is 1.00. The third-order valence-electron chi connectivity index (χ3n) is 6.21. The third-order valence-corrected chi connectivity index (χ3v) is 8.15. The Bertz CT molecular complexity index is 280. The normalized spacial score (nSPS) is 54.8. The standard InChI is InChI=1S/C16H27NS/c17-14-1-3-15(4-2-14)18-16-12-6-10-5-11(8-12)9-13(16)7-10/h10-16H,1-9,17H2. The monoisotopic (exact) mass is 265 g/mol. The van der Waals surface area contributed by atoms with Crippen LogP contribution in [0.2, 0.25) is 0 Å². The average Bonchev–Trinajstić information content (AvgIpc) is 2.35. The summed E-state index contributed by atoms with van der Waals surface area (Å²) in [6, 6.07) is 0.514. The molecule has 0 aromatic rings. The maximum Gasteiger partial charge on any atom is 0.0107 e. The minimum absolute atomic E-state index is 0.514. The second-order valence-electron chi connectivity index (χ2n) is 7.57. The lowest BCUT2D eigenvalue weighted by Crippen LogP contribution is -2.47. The van der Waals surface area contributed by atoms with Gasteiger partial charge in [-0.25, -0.2) is 0 Å². The summed E-state index contributed by atoms with van der Waals surface area (Å²) in [5.41, 5.74) is 6.04. The Balaban J connectivity index is 1.40. The number of thioether (sulfide) groups is 1. The third kappa shape index (κ3) is 2.14. The van der Waals surface area contributed by atoms with Gasteiger partial charge in [0.05, 0.1) is 0 Å². The summed E-state index contributed by atoms with van der Waals surface area (Å²) < 4.78 is 0. The maximum absolute atomic E-state index is 6.04. The highest BCUT2D eigenvalue weighted by Crippen LogP contribution is 2.58. The summed E-state index contributed by atoms with van der Waals surface area (Å²) in [4.78, 5) is 0. The summed E-state index contributed by atoms with van der Waals surface area (Å²) >= 11 is 2.40. The highest BCUT2D eigenvalue weighted by Gasteiger charge is 2.48. The molecule has 18 heavy (non-hydrogen) atoms. The molecule has 0 atom stereocenters. The van der Waals surface area contributed by atoms with Crippen molar-refractivity contribution in [2.45, 2.75) is 74.3 Å². The van der Waals surface area contributed by atoms with Crippen molar-refractivity contribution in [1.82, 2.24) is 0 Å². The Morgan fingerprint density at radius 1 is 0.722 bits per heavy atom. The van der Waals surface area contributed by atoms with Crippen LogP contribution in [-0.4, -0.2) is 16.5 Å². The lowest BCUT2D eigenvalue weighted by atomic mass is 9.56. The maximum atomic E-state index is 6.04. The van der Waals surface area contributed by atoms with E-state index in [0.717, 1.165) is 34.2 Å². The van der Waals surface area contributed by atoms with E-state index in [9.17, 15) is 0 Å². The van der Waals surface area contributed by atoms with E-state index in [1.807, 2.05) is 0 Å². The van der Waals surface area contributed by atoms with Crippen molar-refractivity contribution in [1.29, 1.82) is 0 Å². The van der Waals surface area contributed by atoms with Gasteiger partial charge in [0.15, 0.2) is 0 Å². The first-order chi connectivity index (χ1) is 8.78. The number of hydrogen-bond donors (Lipinski definition) is 1. The number of rotatable bonds is 2. The van der Waals surface area contributed by atoms with Gasteiger partial charge < -0.3 is 5.73 Å². The molecule has 2 N–H and O–H groups in total. The minimum atomic E-state index is 0.514. The summed E-state index contributed by atoms with van der Waals surface area (Å²) in [5, 5.41) is 1.99. The Morgan fingerprint density at radius 3 is 1.83 bits per heavy atom. The van der Waals surface area contributed by atoms with Crippen molar-refractivity contribution in [2.24, 2.45) is 29.4 Å². The molecule has 5 fully saturated rings. The molecule has 0 heterocycles. The molecule has 2 heteroatoms. The molecular formula is C16H27NS. The summed E-state index contributed by atoms with van der Waals surface area (Å²) in [7, 11) is 0. The Morgan fingerprint density at radius 2 is 1.28 bits per heavy atom. The smallest absolute Gasteiger partial charge is 0.0107 e. The van der Waals surface area contributed by atoms with E-state index in [1.54, 1.807) is 32.1 Å². The van der Waals surface area contributed by atoms with E-state index in [2.05, 4.69) is 11.8 Å². The molecule has 0 unspecified atom stereocenters. The van der Waals surface area contributed by atoms with Gasteiger partial charge in [-0.05, 0) is 81.5 Å². The largest absolute Gasteiger partial charge is 0.328 e. The van der Waals surface area contributed by atoms with E-state index >= 15 is 0 Å². The van der Waals surface area contributed by atoms with Crippen LogP contribution in [0.15, 0.2) is 0 Å². The molecule has 102 valence electrons. The van der Waals surface area contributed by atoms with Gasteiger partial charge in [0.1, 0.15) is 0 Å². The molecule has 5 aliphatic carbocycles. The highest BCUT2D eigenvalue weighted by atomic mass is 32.2. The molecule has 0 amide bonds. The fourth-order valence-electron chi connectivity index (χ4n) is 5.54. The second kappa shape index (κ2) is 4.70. The van der Waals surface area contributed by atoms with Crippen LogP contribution in [0.5, 0.6) is 0 Å². The van der Waals surface area contributed by atoms with Gasteiger partial charge in [0.25, 0.3) is 0 Å². The van der Waals surface area contributed by atoms with Crippen LogP contribution < -0.4 is 5.73 Å². The van der Waals surface area contributed by atoms with E-state index in [0.29, 0.717) is 6.04 Å². The molecule has 0 radical (unpaired) electrons. The first-order valence-corrected chi connectivity index (χ1v) is 9.13. The molecule has 5 rings (SSSR count). The van der Waals surface area contributed by atoms with Crippen molar-refractivity contribution in [3.8, 4) is 0 Å². The molecule has 0 saturated heterocycles. The van der Waals surface area contributed by atoms with Crippen LogP contribution in [0, 0.1) is 23.7 Å². The lowest BCUT2D eigenvalue weighted by Gasteiger charge is -2.55. The van der Waals surface area contributed by atoms with Crippen LogP contribution in [0.3, 0.4) is 0 Å². The van der Waals surface area contributed by atoms with Crippen LogP contribution in [-0.2, 0) is 0 Å². The van der Waals surface area contributed by atoms with Gasteiger partial charge in [-0.15, -0.1) is 0 Å². The van der Waals surface area contributed by atoms with Crippen molar-refractivity contribution in [3.05, 3.63) is 0 Å². The first kappa shape index (κ1) is 12.1. The molecule has 0 aliphatic heterocycles. The number of nitrogens with two attached hydrogens (primary N) is 1. The lowest BCUT2D eigenvalue weighted by molar-refractivity contribution is 0.0265. The zero-order valence-electron chi connectivity index (χ0n) is 11.4. The summed E-state index contributed by atoms with van der Waals surface area (Å²) in [5.74, 6) is 4.46. The minimum Gasteiger partial charge on any atom is -0.328 e. The SMILES string of the molecule is NC1CCC(SC2C3CC4CC(C3)CC2C4)CC1. The zero-order chi connectivity index (χ0) is 12.1. The van der Waals surface area contributed by atoms with Gasteiger partial charge in [0, 0.05) is 16.5 Å². The number of hydrogen-bond acceptors (Lipinski definition) is 2. The van der Waals surface area contributed by atoms with Crippen LogP contribution in [0.1, 0.15) is 57.8 Å². The van der Waals surface area contributed by atoms with Gasteiger partial charge >= 0.3 is 0 Å². The van der Waals surface area contributed by atoms with Gasteiger partial charge in [-0.2, -0.15) is 11.8 Å². The highest BCUT2D eigenvalue weighted by molar-refractivity contribution is 8.00. The molecule has 5 saturated carbocycles. The van der Waals surface area contributed by atoms with E-state index < -0.39 is 0 Å². The predicted molar refractivity (Wildman–Crippen MR) is 78.7 cm³/mol. The van der Waals surface area contributed by atoms with E-state index in [-0.39, 0.29) is 0 Å². The van der Waals surface area contributed by atoms with Crippen molar-refractivity contribution in [3.63, 3.8) is 0 Å². The zero-order valence-corrected chi connectivity index (χ0v) is 12.2. The Labute approximate surface area is 116 Å². The molecular weight excluding hydrogens is 238 g/mol. The Kier molecular flexibility index (Phi) is 3.15. The molecule has 0 aromatic carbocycles. The molecule has 0 aromatic heterocycles. The van der Waals surface area contributed by atoms with Crippen molar-refractivity contribution >= 4 is 11.8 Å². The van der Waals surface area contributed by atoms with Crippen molar-refractivity contribution in [2.75, 3.05) is 0 Å². The molecule has 4 bridgehead atoms. The molecule has 0 spiro atoms. The van der Waals surface area contributed by atoms with Crippen LogP contribution in [0.25, 0.3) is 0 Å². The molecule has 1 nitrogen and oxygen atoms in total. The van der Waals surface area contributed by atoms with E-state index in [1.165, 1.54) is 25.7 Å².